The predicted octanol–water partition coefficient (Wildman–Crippen LogP) is 2.88. The standard InChI is InChI=1S/C21H23F2N3O3/c1-3-26(13-18(27)25-20-16(22)9-6-10-17(20)23)19(28)11-12-24-21(29)15-8-5-4-7-14(15)2/h4-10H,3,11-13H2,1-2H3,(H,24,29)(H,25,27). The fraction of sp³-hybridized carbons (Fsp3) is 0.286. The highest BCUT2D eigenvalue weighted by Crippen LogP contribution is 2.17. The molecule has 0 heterocycles. The summed E-state index contributed by atoms with van der Waals surface area (Å²) in [6, 6.07) is 10.3. The van der Waals surface area contributed by atoms with Crippen molar-refractivity contribution in [1.82, 2.24) is 10.2 Å². The molecule has 8 heteroatoms. The van der Waals surface area contributed by atoms with Gasteiger partial charge in [0.1, 0.15) is 17.3 Å². The Morgan fingerprint density at radius 3 is 2.28 bits per heavy atom. The lowest BCUT2D eigenvalue weighted by Gasteiger charge is -2.20. The number of benzene rings is 2. The number of aryl methyl sites for hydroxylation is 1. The summed E-state index contributed by atoms with van der Waals surface area (Å²) in [7, 11) is 0. The second kappa shape index (κ2) is 10.3. The van der Waals surface area contributed by atoms with Gasteiger partial charge in [-0.2, -0.15) is 0 Å². The van der Waals surface area contributed by atoms with Crippen molar-refractivity contribution in [3.05, 3.63) is 65.2 Å². The smallest absolute Gasteiger partial charge is 0.251 e. The normalized spacial score (nSPS) is 10.3. The first-order chi connectivity index (χ1) is 13.8. The van der Waals surface area contributed by atoms with E-state index in [-0.39, 0.29) is 37.9 Å². The van der Waals surface area contributed by atoms with Crippen LogP contribution < -0.4 is 10.6 Å². The van der Waals surface area contributed by atoms with E-state index in [4.69, 9.17) is 0 Å². The first kappa shape index (κ1) is 22.0. The van der Waals surface area contributed by atoms with Crippen molar-refractivity contribution in [3.8, 4) is 0 Å². The lowest BCUT2D eigenvalue weighted by molar-refractivity contribution is -0.134. The number of hydrogen-bond acceptors (Lipinski definition) is 3. The molecule has 0 aliphatic heterocycles. The van der Waals surface area contributed by atoms with Gasteiger partial charge in [-0.05, 0) is 37.6 Å². The number of rotatable bonds is 8. The molecule has 0 aliphatic rings. The van der Waals surface area contributed by atoms with Crippen LogP contribution in [0.3, 0.4) is 0 Å². The molecule has 0 saturated heterocycles. The van der Waals surface area contributed by atoms with E-state index in [1.165, 1.54) is 11.0 Å². The molecule has 3 amide bonds. The van der Waals surface area contributed by atoms with Crippen LogP contribution in [0.25, 0.3) is 0 Å². The monoisotopic (exact) mass is 403 g/mol. The van der Waals surface area contributed by atoms with Crippen molar-refractivity contribution in [2.45, 2.75) is 20.3 Å². The number of para-hydroxylation sites is 1. The second-order valence-corrected chi connectivity index (χ2v) is 6.37. The molecule has 0 fully saturated rings. The van der Waals surface area contributed by atoms with Gasteiger partial charge in [0.2, 0.25) is 11.8 Å². The SMILES string of the molecule is CCN(CC(=O)Nc1c(F)cccc1F)C(=O)CCNC(=O)c1ccccc1C. The molecular weight excluding hydrogens is 380 g/mol. The van der Waals surface area contributed by atoms with Crippen molar-refractivity contribution < 1.29 is 23.2 Å². The minimum atomic E-state index is -0.897. The summed E-state index contributed by atoms with van der Waals surface area (Å²) in [4.78, 5) is 37.8. The van der Waals surface area contributed by atoms with Crippen LogP contribution in [0.5, 0.6) is 0 Å². The molecule has 154 valence electrons. The molecule has 6 nitrogen and oxygen atoms in total. The summed E-state index contributed by atoms with van der Waals surface area (Å²) in [5, 5.41) is 4.82. The largest absolute Gasteiger partial charge is 0.352 e. The van der Waals surface area contributed by atoms with Crippen LogP contribution >= 0.6 is 0 Å². The van der Waals surface area contributed by atoms with Gasteiger partial charge in [-0.15, -0.1) is 0 Å². The Bertz CT molecular complexity index is 882. The van der Waals surface area contributed by atoms with Gasteiger partial charge in [0, 0.05) is 25.1 Å². The fourth-order valence-corrected chi connectivity index (χ4v) is 2.71. The van der Waals surface area contributed by atoms with Gasteiger partial charge in [0.25, 0.3) is 5.91 Å². The Labute approximate surface area is 167 Å². The fourth-order valence-electron chi connectivity index (χ4n) is 2.71. The zero-order chi connectivity index (χ0) is 21.4. The van der Waals surface area contributed by atoms with E-state index >= 15 is 0 Å². The Kier molecular flexibility index (Phi) is 7.82. The number of anilines is 1. The van der Waals surface area contributed by atoms with E-state index in [2.05, 4.69) is 10.6 Å². The second-order valence-electron chi connectivity index (χ2n) is 6.37. The van der Waals surface area contributed by atoms with E-state index in [0.717, 1.165) is 17.7 Å². The molecule has 2 rings (SSSR count). The van der Waals surface area contributed by atoms with E-state index < -0.39 is 23.2 Å². The molecule has 0 bridgehead atoms. The molecule has 2 aromatic rings. The van der Waals surface area contributed by atoms with E-state index in [1.807, 2.05) is 19.1 Å². The molecule has 0 radical (unpaired) electrons. The van der Waals surface area contributed by atoms with Crippen molar-refractivity contribution >= 4 is 23.4 Å². The maximum atomic E-state index is 13.6. The van der Waals surface area contributed by atoms with Crippen LogP contribution in [-0.2, 0) is 9.59 Å². The van der Waals surface area contributed by atoms with Gasteiger partial charge in [-0.25, -0.2) is 8.78 Å². The maximum Gasteiger partial charge on any atom is 0.251 e. The van der Waals surface area contributed by atoms with Gasteiger partial charge in [0.05, 0.1) is 6.54 Å². The summed E-state index contributed by atoms with van der Waals surface area (Å²) < 4.78 is 27.2. The highest BCUT2D eigenvalue weighted by atomic mass is 19.1. The molecule has 0 spiro atoms. The van der Waals surface area contributed by atoms with Gasteiger partial charge in [0.15, 0.2) is 0 Å². The van der Waals surface area contributed by atoms with Crippen molar-refractivity contribution in [3.63, 3.8) is 0 Å². The summed E-state index contributed by atoms with van der Waals surface area (Å²) in [5.74, 6) is -3.15. The molecule has 0 atom stereocenters. The van der Waals surface area contributed by atoms with Gasteiger partial charge in [-0.1, -0.05) is 24.3 Å². The third kappa shape index (κ3) is 6.10. The first-order valence-corrected chi connectivity index (χ1v) is 9.19. The van der Waals surface area contributed by atoms with Crippen molar-refractivity contribution in [2.24, 2.45) is 0 Å². The molecule has 0 saturated carbocycles. The molecule has 2 N–H and O–H groups in total. The third-order valence-electron chi connectivity index (χ3n) is 4.31. The number of amides is 3. The van der Waals surface area contributed by atoms with Crippen LogP contribution in [0.4, 0.5) is 14.5 Å². The highest BCUT2D eigenvalue weighted by molar-refractivity contribution is 5.96. The Balaban J connectivity index is 1.86. The van der Waals surface area contributed by atoms with Crippen LogP contribution in [0.15, 0.2) is 42.5 Å². The topological polar surface area (TPSA) is 78.5 Å². The molecule has 0 aliphatic carbocycles. The zero-order valence-electron chi connectivity index (χ0n) is 16.3. The number of hydrogen-bond donors (Lipinski definition) is 2. The van der Waals surface area contributed by atoms with Gasteiger partial charge < -0.3 is 15.5 Å². The Morgan fingerprint density at radius 1 is 1.00 bits per heavy atom. The molecule has 2 aromatic carbocycles. The van der Waals surface area contributed by atoms with Crippen LogP contribution in [0.2, 0.25) is 0 Å². The summed E-state index contributed by atoms with van der Waals surface area (Å²) >= 11 is 0. The number of likely N-dealkylation sites (N-methyl/N-ethyl adjacent to an activating group) is 1. The summed E-state index contributed by atoms with van der Waals surface area (Å²) in [6.45, 7) is 3.48. The quantitative estimate of drug-likeness (QED) is 0.712. The number of nitrogens with one attached hydrogen (secondary N) is 2. The van der Waals surface area contributed by atoms with E-state index in [0.29, 0.717) is 5.56 Å². The number of carbonyl (C=O) groups is 3. The minimum Gasteiger partial charge on any atom is -0.352 e. The highest BCUT2D eigenvalue weighted by Gasteiger charge is 2.18. The van der Waals surface area contributed by atoms with Gasteiger partial charge >= 0.3 is 0 Å². The number of nitrogens with zero attached hydrogens (tertiary/aromatic N) is 1. The van der Waals surface area contributed by atoms with Crippen molar-refractivity contribution in [1.29, 1.82) is 0 Å². The average molecular weight is 403 g/mol. The molecule has 29 heavy (non-hydrogen) atoms. The van der Waals surface area contributed by atoms with Crippen molar-refractivity contribution in [2.75, 3.05) is 25.0 Å². The van der Waals surface area contributed by atoms with E-state index in [9.17, 15) is 23.2 Å². The summed E-state index contributed by atoms with van der Waals surface area (Å²) in [6.07, 6.45) is -0.00714. The van der Waals surface area contributed by atoms with Crippen LogP contribution in [-0.4, -0.2) is 42.3 Å². The minimum absolute atomic E-state index is 0.00714. The lowest BCUT2D eigenvalue weighted by atomic mass is 10.1. The maximum absolute atomic E-state index is 13.6. The average Bonchev–Trinajstić information content (AvgIpc) is 2.69. The third-order valence-corrected chi connectivity index (χ3v) is 4.31. The van der Waals surface area contributed by atoms with Crippen LogP contribution in [0.1, 0.15) is 29.3 Å². The predicted molar refractivity (Wildman–Crippen MR) is 105 cm³/mol. The Morgan fingerprint density at radius 2 is 1.66 bits per heavy atom. The molecule has 0 aromatic heterocycles. The summed E-state index contributed by atoms with van der Waals surface area (Å²) in [5.41, 5.74) is 0.800. The molecular formula is C21H23F2N3O3. The molecule has 0 unspecified atom stereocenters. The van der Waals surface area contributed by atoms with Gasteiger partial charge in [-0.3, -0.25) is 14.4 Å². The Hall–Kier alpha value is -3.29. The number of halogens is 2. The lowest BCUT2D eigenvalue weighted by Crippen LogP contribution is -2.39. The number of carbonyl (C=O) groups excluding carboxylic acids is 3. The van der Waals surface area contributed by atoms with Crippen LogP contribution in [0, 0.1) is 18.6 Å². The first-order valence-electron chi connectivity index (χ1n) is 9.19. The zero-order valence-corrected chi connectivity index (χ0v) is 16.3. The van der Waals surface area contributed by atoms with E-state index in [1.54, 1.807) is 19.1 Å².